The Bertz CT molecular complexity index is 450. The summed E-state index contributed by atoms with van der Waals surface area (Å²) in [5, 5.41) is 2.63. The molecule has 1 heterocycles. The van der Waals surface area contributed by atoms with Gasteiger partial charge in [-0.15, -0.1) is 0 Å². The van der Waals surface area contributed by atoms with E-state index in [1.54, 1.807) is 0 Å². The van der Waals surface area contributed by atoms with Crippen LogP contribution in [0.1, 0.15) is 18.5 Å². The number of hydrogen-bond donors (Lipinski definition) is 4. The van der Waals surface area contributed by atoms with Crippen LogP contribution in [0.25, 0.3) is 0 Å². The van der Waals surface area contributed by atoms with Crippen LogP contribution in [0.5, 0.6) is 0 Å². The van der Waals surface area contributed by atoms with E-state index in [-0.39, 0.29) is 24.7 Å². The van der Waals surface area contributed by atoms with Crippen LogP contribution in [0, 0.1) is 0 Å². The Morgan fingerprint density at radius 3 is 2.58 bits per heavy atom. The molecule has 106 valence electrons. The molecule has 1 aromatic heterocycles. The van der Waals surface area contributed by atoms with E-state index in [0.717, 1.165) is 6.07 Å². The molecule has 6 N–H and O–H groups in total. The summed E-state index contributed by atoms with van der Waals surface area (Å²) in [6.07, 6.45) is -4.09. The van der Waals surface area contributed by atoms with Crippen molar-refractivity contribution in [1.29, 1.82) is 0 Å². The molecule has 10 heteroatoms. The van der Waals surface area contributed by atoms with Gasteiger partial charge in [-0.25, -0.2) is 10.8 Å². The van der Waals surface area contributed by atoms with E-state index in [1.807, 2.05) is 5.43 Å². The zero-order valence-electron chi connectivity index (χ0n) is 9.79. The van der Waals surface area contributed by atoms with Gasteiger partial charge in [0.15, 0.2) is 5.69 Å². The second-order valence-electron chi connectivity index (χ2n) is 3.60. The molecule has 0 atom stereocenters. The molecule has 0 aromatic carbocycles. The number of hydrogen-bond acceptors (Lipinski definition) is 6. The number of carbonyl (C=O) groups is 1. The number of anilines is 2. The zero-order valence-corrected chi connectivity index (χ0v) is 9.79. The predicted octanol–water partition coefficient (Wildman–Crippen LogP) is 0.458. The van der Waals surface area contributed by atoms with Crippen molar-refractivity contribution in [2.75, 3.05) is 17.3 Å². The third-order valence-electron chi connectivity index (χ3n) is 2.05. The number of nitrogens with one attached hydrogen (secondary N) is 2. The molecule has 0 aliphatic heterocycles. The molecule has 0 saturated carbocycles. The molecule has 1 amide bonds. The average molecular weight is 278 g/mol. The van der Waals surface area contributed by atoms with Gasteiger partial charge in [0.25, 0.3) is 0 Å². The summed E-state index contributed by atoms with van der Waals surface area (Å²) in [6.45, 7) is 0.251. The van der Waals surface area contributed by atoms with E-state index in [2.05, 4.69) is 15.3 Å². The van der Waals surface area contributed by atoms with Gasteiger partial charge in [0.1, 0.15) is 5.82 Å². The molecule has 7 nitrogen and oxygen atoms in total. The van der Waals surface area contributed by atoms with Gasteiger partial charge < -0.3 is 11.1 Å². The average Bonchev–Trinajstić information content (AvgIpc) is 2.33. The Labute approximate surface area is 106 Å². The Balaban J connectivity index is 2.74. The lowest BCUT2D eigenvalue weighted by atomic mass is 10.3. The number of amides is 1. The Morgan fingerprint density at radius 2 is 2.05 bits per heavy atom. The summed E-state index contributed by atoms with van der Waals surface area (Å²) < 4.78 is 37.6. The van der Waals surface area contributed by atoms with Crippen molar-refractivity contribution < 1.29 is 18.0 Å². The number of carbonyl (C=O) groups excluding carboxylic acids is 1. The first-order valence-corrected chi connectivity index (χ1v) is 5.28. The highest BCUT2D eigenvalue weighted by Crippen LogP contribution is 2.29. The molecule has 0 aliphatic carbocycles. The van der Waals surface area contributed by atoms with Crippen molar-refractivity contribution in [2.24, 2.45) is 11.6 Å². The maximum absolute atomic E-state index is 12.5. The summed E-state index contributed by atoms with van der Waals surface area (Å²) in [4.78, 5) is 17.4. The molecular weight excluding hydrogens is 265 g/mol. The molecule has 0 fully saturated rings. The Kier molecular flexibility index (Phi) is 4.87. The van der Waals surface area contributed by atoms with Gasteiger partial charge in [-0.3, -0.25) is 10.2 Å². The number of primary amides is 1. The second kappa shape index (κ2) is 6.18. The number of hydrazine groups is 1. The molecule has 0 aliphatic rings. The minimum Gasteiger partial charge on any atom is -0.370 e. The highest BCUT2D eigenvalue weighted by Gasteiger charge is 2.33. The monoisotopic (exact) mass is 278 g/mol. The Hall–Kier alpha value is -2.10. The van der Waals surface area contributed by atoms with Crippen LogP contribution in [0.4, 0.5) is 24.9 Å². The molecule has 0 saturated heterocycles. The highest BCUT2D eigenvalue weighted by molar-refractivity contribution is 5.73. The summed E-state index contributed by atoms with van der Waals surface area (Å²) in [5.41, 5.74) is 5.77. The maximum Gasteiger partial charge on any atom is 0.433 e. The predicted molar refractivity (Wildman–Crippen MR) is 61.8 cm³/mol. The van der Waals surface area contributed by atoms with Gasteiger partial charge in [0.2, 0.25) is 11.9 Å². The minimum absolute atomic E-state index is 0.0419. The molecule has 0 bridgehead atoms. The number of rotatable bonds is 6. The summed E-state index contributed by atoms with van der Waals surface area (Å²) in [7, 11) is 0. The van der Waals surface area contributed by atoms with Crippen molar-refractivity contribution in [3.63, 3.8) is 0 Å². The number of nitrogen functional groups attached to an aromatic ring is 1. The molecule has 0 spiro atoms. The fourth-order valence-electron chi connectivity index (χ4n) is 1.23. The first kappa shape index (κ1) is 15.0. The van der Waals surface area contributed by atoms with Crippen molar-refractivity contribution in [2.45, 2.75) is 19.0 Å². The third kappa shape index (κ3) is 4.95. The van der Waals surface area contributed by atoms with E-state index in [0.29, 0.717) is 6.42 Å². The quantitative estimate of drug-likeness (QED) is 0.341. The van der Waals surface area contributed by atoms with E-state index in [4.69, 9.17) is 11.6 Å². The molecular formula is C9H13F3N6O. The minimum atomic E-state index is -4.60. The lowest BCUT2D eigenvalue weighted by Gasteiger charge is -2.11. The SMILES string of the molecule is NNc1nc(NCCCC(N)=O)cc(C(F)(F)F)n1. The third-order valence-corrected chi connectivity index (χ3v) is 2.05. The van der Waals surface area contributed by atoms with Gasteiger partial charge >= 0.3 is 6.18 Å². The standard InChI is InChI=1S/C9H13F3N6O/c10-9(11,12)5-4-7(17-8(16-5)18-14)15-3-1-2-6(13)19/h4H,1-3,14H2,(H2,13,19)(H2,15,16,17,18). The van der Waals surface area contributed by atoms with Gasteiger partial charge in [0, 0.05) is 19.0 Å². The first-order valence-electron chi connectivity index (χ1n) is 5.28. The molecule has 1 aromatic rings. The lowest BCUT2D eigenvalue weighted by Crippen LogP contribution is -2.17. The summed E-state index contributed by atoms with van der Waals surface area (Å²) >= 11 is 0. The number of nitrogens with zero attached hydrogens (tertiary/aromatic N) is 2. The van der Waals surface area contributed by atoms with Crippen LogP contribution in [-0.4, -0.2) is 22.4 Å². The van der Waals surface area contributed by atoms with Crippen LogP contribution < -0.4 is 22.3 Å². The molecule has 0 unspecified atom stereocenters. The zero-order chi connectivity index (χ0) is 14.5. The number of alkyl halides is 3. The number of aromatic nitrogens is 2. The molecule has 1 rings (SSSR count). The molecule has 19 heavy (non-hydrogen) atoms. The Morgan fingerprint density at radius 1 is 1.37 bits per heavy atom. The number of halogens is 3. The van der Waals surface area contributed by atoms with Crippen molar-refractivity contribution in [1.82, 2.24) is 9.97 Å². The van der Waals surface area contributed by atoms with E-state index in [9.17, 15) is 18.0 Å². The molecule has 0 radical (unpaired) electrons. The fraction of sp³-hybridized carbons (Fsp3) is 0.444. The van der Waals surface area contributed by atoms with Gasteiger partial charge in [-0.05, 0) is 6.42 Å². The lowest BCUT2D eigenvalue weighted by molar-refractivity contribution is -0.141. The van der Waals surface area contributed by atoms with Crippen LogP contribution in [-0.2, 0) is 11.0 Å². The van der Waals surface area contributed by atoms with E-state index >= 15 is 0 Å². The van der Waals surface area contributed by atoms with Crippen LogP contribution >= 0.6 is 0 Å². The van der Waals surface area contributed by atoms with Crippen LogP contribution in [0.2, 0.25) is 0 Å². The normalized spacial score (nSPS) is 11.2. The van der Waals surface area contributed by atoms with Crippen molar-refractivity contribution in [3.05, 3.63) is 11.8 Å². The number of nitrogens with two attached hydrogens (primary N) is 2. The van der Waals surface area contributed by atoms with E-state index in [1.165, 1.54) is 0 Å². The maximum atomic E-state index is 12.5. The van der Waals surface area contributed by atoms with E-state index < -0.39 is 17.8 Å². The van der Waals surface area contributed by atoms with Gasteiger partial charge in [0.05, 0.1) is 0 Å². The van der Waals surface area contributed by atoms with Crippen LogP contribution in [0.3, 0.4) is 0 Å². The van der Waals surface area contributed by atoms with Crippen LogP contribution in [0.15, 0.2) is 6.07 Å². The van der Waals surface area contributed by atoms with Gasteiger partial charge in [-0.1, -0.05) is 0 Å². The highest BCUT2D eigenvalue weighted by atomic mass is 19.4. The summed E-state index contributed by atoms with van der Waals surface area (Å²) in [5.74, 6) is 4.12. The summed E-state index contributed by atoms with van der Waals surface area (Å²) in [6, 6.07) is 0.755. The second-order valence-corrected chi connectivity index (χ2v) is 3.60. The largest absolute Gasteiger partial charge is 0.433 e. The van der Waals surface area contributed by atoms with Crippen molar-refractivity contribution >= 4 is 17.7 Å². The topological polar surface area (TPSA) is 119 Å². The first-order chi connectivity index (χ1) is 8.82. The van der Waals surface area contributed by atoms with Gasteiger partial charge in [-0.2, -0.15) is 18.2 Å². The fourth-order valence-corrected chi connectivity index (χ4v) is 1.23. The smallest absolute Gasteiger partial charge is 0.370 e. The van der Waals surface area contributed by atoms with Crippen molar-refractivity contribution in [3.8, 4) is 0 Å².